The van der Waals surface area contributed by atoms with Gasteiger partial charge in [-0.05, 0) is 55.1 Å². The standard InChI is InChI=1S/C27H30N4/c1-2-8-22(9-3-1)23-13-14-27(29-20-23)31-18-16-30(17-19-31)15-7-6-10-24-21-28-26-12-5-4-11-25(24)26/h1-5,8-9,11-14,20-21,28H,6-7,10,15-19H2. The van der Waals surface area contributed by atoms with Gasteiger partial charge >= 0.3 is 0 Å². The Morgan fingerprint density at radius 2 is 1.58 bits per heavy atom. The van der Waals surface area contributed by atoms with Crippen LogP contribution in [0, 0.1) is 0 Å². The van der Waals surface area contributed by atoms with Gasteiger partial charge in [0.1, 0.15) is 5.82 Å². The van der Waals surface area contributed by atoms with E-state index in [1.54, 1.807) is 0 Å². The van der Waals surface area contributed by atoms with Gasteiger partial charge in [0, 0.05) is 55.0 Å². The number of benzene rings is 2. The minimum atomic E-state index is 1.06. The molecule has 5 rings (SSSR count). The van der Waals surface area contributed by atoms with Crippen molar-refractivity contribution in [3.8, 4) is 11.1 Å². The monoisotopic (exact) mass is 410 g/mol. The number of rotatable bonds is 7. The number of aromatic amines is 1. The maximum atomic E-state index is 4.74. The minimum Gasteiger partial charge on any atom is -0.361 e. The second-order valence-corrected chi connectivity index (χ2v) is 8.42. The van der Waals surface area contributed by atoms with Crippen molar-refractivity contribution in [2.45, 2.75) is 19.3 Å². The molecule has 2 aromatic heterocycles. The van der Waals surface area contributed by atoms with Gasteiger partial charge in [-0.25, -0.2) is 4.98 Å². The lowest BCUT2D eigenvalue weighted by Crippen LogP contribution is -2.46. The van der Waals surface area contributed by atoms with Crippen molar-refractivity contribution in [3.05, 3.63) is 84.7 Å². The zero-order chi connectivity index (χ0) is 20.9. The smallest absolute Gasteiger partial charge is 0.128 e. The Morgan fingerprint density at radius 3 is 2.39 bits per heavy atom. The number of nitrogens with one attached hydrogen (secondary N) is 1. The van der Waals surface area contributed by atoms with Crippen LogP contribution in [0.3, 0.4) is 0 Å². The summed E-state index contributed by atoms with van der Waals surface area (Å²) in [5.74, 6) is 1.10. The van der Waals surface area contributed by atoms with Crippen molar-refractivity contribution in [2.75, 3.05) is 37.6 Å². The molecule has 0 bridgehead atoms. The zero-order valence-electron chi connectivity index (χ0n) is 18.0. The van der Waals surface area contributed by atoms with Gasteiger partial charge in [0.25, 0.3) is 0 Å². The highest BCUT2D eigenvalue weighted by molar-refractivity contribution is 5.83. The quantitative estimate of drug-likeness (QED) is 0.416. The number of aryl methyl sites for hydroxylation is 1. The Bertz CT molecular complexity index is 1090. The van der Waals surface area contributed by atoms with Crippen molar-refractivity contribution in [1.82, 2.24) is 14.9 Å². The van der Waals surface area contributed by atoms with E-state index in [2.05, 4.69) is 81.6 Å². The molecule has 31 heavy (non-hydrogen) atoms. The fourth-order valence-electron chi connectivity index (χ4n) is 4.56. The summed E-state index contributed by atoms with van der Waals surface area (Å²) in [4.78, 5) is 13.1. The first-order valence-electron chi connectivity index (χ1n) is 11.4. The summed E-state index contributed by atoms with van der Waals surface area (Å²) in [6.45, 7) is 5.54. The van der Waals surface area contributed by atoms with Crippen LogP contribution >= 0.6 is 0 Å². The van der Waals surface area contributed by atoms with Crippen LogP contribution in [-0.4, -0.2) is 47.6 Å². The van der Waals surface area contributed by atoms with Gasteiger partial charge in [0.2, 0.25) is 0 Å². The molecule has 2 aromatic carbocycles. The molecule has 0 unspecified atom stereocenters. The Labute approximate surface area is 184 Å². The van der Waals surface area contributed by atoms with E-state index in [1.165, 1.54) is 47.0 Å². The summed E-state index contributed by atoms with van der Waals surface area (Å²) in [6.07, 6.45) is 7.83. The van der Waals surface area contributed by atoms with Gasteiger partial charge in [-0.3, -0.25) is 4.90 Å². The average Bonchev–Trinajstić information content (AvgIpc) is 3.26. The molecule has 158 valence electrons. The first kappa shape index (κ1) is 19.8. The number of para-hydroxylation sites is 1. The molecule has 1 fully saturated rings. The molecule has 1 N–H and O–H groups in total. The molecule has 1 aliphatic heterocycles. The molecule has 4 heteroatoms. The van der Waals surface area contributed by atoms with Crippen LogP contribution in [0.15, 0.2) is 79.1 Å². The van der Waals surface area contributed by atoms with E-state index in [9.17, 15) is 0 Å². The van der Waals surface area contributed by atoms with Crippen LogP contribution in [0.25, 0.3) is 22.0 Å². The summed E-state index contributed by atoms with van der Waals surface area (Å²) in [5, 5.41) is 1.38. The van der Waals surface area contributed by atoms with Gasteiger partial charge in [-0.2, -0.15) is 0 Å². The SMILES string of the molecule is c1ccc(-c2ccc(N3CCN(CCCCc4c[nH]c5ccccc45)CC3)nc2)cc1. The number of hydrogen-bond donors (Lipinski definition) is 1. The fraction of sp³-hybridized carbons (Fsp3) is 0.296. The van der Waals surface area contributed by atoms with Gasteiger partial charge < -0.3 is 9.88 Å². The van der Waals surface area contributed by atoms with Crippen molar-refractivity contribution in [3.63, 3.8) is 0 Å². The van der Waals surface area contributed by atoms with Gasteiger partial charge in [0.15, 0.2) is 0 Å². The molecule has 0 aliphatic carbocycles. The summed E-state index contributed by atoms with van der Waals surface area (Å²) in [6, 6.07) is 23.4. The van der Waals surface area contributed by atoms with E-state index in [4.69, 9.17) is 4.98 Å². The molecule has 0 amide bonds. The molecule has 0 radical (unpaired) electrons. The number of hydrogen-bond acceptors (Lipinski definition) is 3. The van der Waals surface area contributed by atoms with Gasteiger partial charge in [0.05, 0.1) is 0 Å². The number of nitrogens with zero attached hydrogens (tertiary/aromatic N) is 3. The summed E-state index contributed by atoms with van der Waals surface area (Å²) in [7, 11) is 0. The average molecular weight is 411 g/mol. The highest BCUT2D eigenvalue weighted by Crippen LogP contribution is 2.22. The molecular weight excluding hydrogens is 380 g/mol. The van der Waals surface area contributed by atoms with Crippen LogP contribution in [0.4, 0.5) is 5.82 Å². The fourth-order valence-corrected chi connectivity index (χ4v) is 4.56. The number of unbranched alkanes of at least 4 members (excludes halogenated alkanes) is 1. The van der Waals surface area contributed by atoms with E-state index in [0.717, 1.165) is 38.4 Å². The van der Waals surface area contributed by atoms with E-state index in [1.807, 2.05) is 12.3 Å². The predicted octanol–water partition coefficient (Wildman–Crippen LogP) is 5.37. The second kappa shape index (κ2) is 9.36. The first-order chi connectivity index (χ1) is 15.4. The molecule has 1 saturated heterocycles. The third-order valence-electron chi connectivity index (χ3n) is 6.40. The Morgan fingerprint density at radius 1 is 0.774 bits per heavy atom. The first-order valence-corrected chi connectivity index (χ1v) is 11.4. The normalized spacial score (nSPS) is 14.9. The third-order valence-corrected chi connectivity index (χ3v) is 6.40. The molecule has 1 aliphatic rings. The Balaban J connectivity index is 1.07. The van der Waals surface area contributed by atoms with E-state index >= 15 is 0 Å². The van der Waals surface area contributed by atoms with Gasteiger partial charge in [-0.1, -0.05) is 48.5 Å². The van der Waals surface area contributed by atoms with Crippen LogP contribution in [0.1, 0.15) is 18.4 Å². The van der Waals surface area contributed by atoms with Crippen molar-refractivity contribution in [1.29, 1.82) is 0 Å². The minimum absolute atomic E-state index is 1.06. The van der Waals surface area contributed by atoms with Crippen molar-refractivity contribution >= 4 is 16.7 Å². The van der Waals surface area contributed by atoms with E-state index < -0.39 is 0 Å². The Kier molecular flexibility index (Phi) is 5.99. The molecule has 4 nitrogen and oxygen atoms in total. The molecule has 0 spiro atoms. The van der Waals surface area contributed by atoms with Crippen LogP contribution < -0.4 is 4.90 Å². The lowest BCUT2D eigenvalue weighted by molar-refractivity contribution is 0.252. The molecule has 3 heterocycles. The molecular formula is C27H30N4. The van der Waals surface area contributed by atoms with Crippen molar-refractivity contribution in [2.24, 2.45) is 0 Å². The summed E-state index contributed by atoms with van der Waals surface area (Å²) in [5.41, 5.74) is 5.10. The van der Waals surface area contributed by atoms with Crippen LogP contribution in [0.5, 0.6) is 0 Å². The summed E-state index contributed by atoms with van der Waals surface area (Å²) < 4.78 is 0. The Hall–Kier alpha value is -3.11. The van der Waals surface area contributed by atoms with Crippen LogP contribution in [0.2, 0.25) is 0 Å². The zero-order valence-corrected chi connectivity index (χ0v) is 18.0. The number of anilines is 1. The number of piperazine rings is 1. The lowest BCUT2D eigenvalue weighted by Gasteiger charge is -2.35. The maximum absolute atomic E-state index is 4.74. The molecule has 0 atom stereocenters. The molecule has 0 saturated carbocycles. The largest absolute Gasteiger partial charge is 0.361 e. The lowest BCUT2D eigenvalue weighted by atomic mass is 10.1. The van der Waals surface area contributed by atoms with Gasteiger partial charge in [-0.15, -0.1) is 0 Å². The number of aromatic nitrogens is 2. The number of fused-ring (bicyclic) bond motifs is 1. The predicted molar refractivity (Wildman–Crippen MR) is 130 cm³/mol. The third kappa shape index (κ3) is 4.64. The number of H-pyrrole nitrogens is 1. The molecule has 4 aromatic rings. The highest BCUT2D eigenvalue weighted by atomic mass is 15.3. The van der Waals surface area contributed by atoms with Crippen LogP contribution in [-0.2, 0) is 6.42 Å². The van der Waals surface area contributed by atoms with E-state index in [0.29, 0.717) is 0 Å². The van der Waals surface area contributed by atoms with E-state index in [-0.39, 0.29) is 0 Å². The van der Waals surface area contributed by atoms with Crippen molar-refractivity contribution < 1.29 is 0 Å². The maximum Gasteiger partial charge on any atom is 0.128 e. The summed E-state index contributed by atoms with van der Waals surface area (Å²) >= 11 is 0. The second-order valence-electron chi connectivity index (χ2n) is 8.42. The topological polar surface area (TPSA) is 35.2 Å². The highest BCUT2D eigenvalue weighted by Gasteiger charge is 2.17. The number of pyridine rings is 1.